The lowest BCUT2D eigenvalue weighted by Crippen LogP contribution is -2.52. The Labute approximate surface area is 186 Å². The first-order chi connectivity index (χ1) is 15.1. The van der Waals surface area contributed by atoms with Crippen molar-refractivity contribution in [3.05, 3.63) is 35.8 Å². The summed E-state index contributed by atoms with van der Waals surface area (Å²) in [5.74, 6) is 0.603. The Morgan fingerprint density at radius 2 is 1.90 bits per heavy atom. The molecule has 2 fully saturated rings. The standard InChI is InChI=1S/C22H29N5O3S/c1-30-19-6-4-18(5-7-19)26-12-8-17(9-13-26)24-22(29)27-11-2-3-16(15-27)20(28)25-21-23-10-14-31-21/h4-7,10,14,16-17H,2-3,8-9,11-13,15H2,1H3,(H,24,29)(H,23,25,28). The number of benzene rings is 1. The van der Waals surface area contributed by atoms with Gasteiger partial charge in [0.15, 0.2) is 5.13 Å². The molecule has 1 unspecified atom stereocenters. The first-order valence-electron chi connectivity index (χ1n) is 10.8. The maximum Gasteiger partial charge on any atom is 0.317 e. The SMILES string of the molecule is COc1ccc(N2CCC(NC(=O)N3CCCC(C(=O)Nc4nccs4)C3)CC2)cc1. The minimum Gasteiger partial charge on any atom is -0.497 e. The number of anilines is 2. The van der Waals surface area contributed by atoms with Gasteiger partial charge in [-0.05, 0) is 49.9 Å². The molecule has 166 valence electrons. The molecule has 4 rings (SSSR count). The molecule has 0 aliphatic carbocycles. The summed E-state index contributed by atoms with van der Waals surface area (Å²) >= 11 is 1.40. The Morgan fingerprint density at radius 3 is 2.58 bits per heavy atom. The van der Waals surface area contributed by atoms with Gasteiger partial charge in [0.05, 0.1) is 13.0 Å². The maximum absolute atomic E-state index is 12.8. The average Bonchev–Trinajstić information content (AvgIpc) is 3.33. The van der Waals surface area contributed by atoms with Crippen LogP contribution >= 0.6 is 11.3 Å². The van der Waals surface area contributed by atoms with Crippen LogP contribution in [0.4, 0.5) is 15.6 Å². The fraction of sp³-hybridized carbons (Fsp3) is 0.500. The number of thiazole rings is 1. The molecule has 2 aliphatic heterocycles. The zero-order valence-corrected chi connectivity index (χ0v) is 18.6. The summed E-state index contributed by atoms with van der Waals surface area (Å²) in [5.41, 5.74) is 1.18. The van der Waals surface area contributed by atoms with Crippen LogP contribution in [0.2, 0.25) is 0 Å². The zero-order chi connectivity index (χ0) is 21.6. The monoisotopic (exact) mass is 443 g/mol. The molecule has 31 heavy (non-hydrogen) atoms. The van der Waals surface area contributed by atoms with E-state index in [4.69, 9.17) is 4.74 Å². The largest absolute Gasteiger partial charge is 0.497 e. The van der Waals surface area contributed by atoms with Gasteiger partial charge in [-0.3, -0.25) is 4.79 Å². The number of aromatic nitrogens is 1. The van der Waals surface area contributed by atoms with Gasteiger partial charge in [0.1, 0.15) is 5.75 Å². The topological polar surface area (TPSA) is 86.8 Å². The minimum atomic E-state index is -0.194. The van der Waals surface area contributed by atoms with Crippen molar-refractivity contribution in [2.75, 3.05) is 43.5 Å². The number of amides is 3. The number of ether oxygens (including phenoxy) is 1. The summed E-state index contributed by atoms with van der Waals surface area (Å²) in [6.07, 6.45) is 5.10. The van der Waals surface area contributed by atoms with Crippen LogP contribution in [-0.2, 0) is 4.79 Å². The highest BCUT2D eigenvalue weighted by Gasteiger charge is 2.30. The van der Waals surface area contributed by atoms with Crippen LogP contribution in [0.25, 0.3) is 0 Å². The number of carbonyl (C=O) groups is 2. The van der Waals surface area contributed by atoms with Crippen LogP contribution in [0.15, 0.2) is 35.8 Å². The summed E-state index contributed by atoms with van der Waals surface area (Å²) in [4.78, 5) is 33.6. The van der Waals surface area contributed by atoms with Crippen LogP contribution in [0.3, 0.4) is 0 Å². The number of hydrogen-bond donors (Lipinski definition) is 2. The molecule has 1 aromatic heterocycles. The van der Waals surface area contributed by atoms with E-state index in [-0.39, 0.29) is 23.9 Å². The summed E-state index contributed by atoms with van der Waals surface area (Å²) < 4.78 is 5.22. The van der Waals surface area contributed by atoms with Crippen LogP contribution in [0.1, 0.15) is 25.7 Å². The van der Waals surface area contributed by atoms with Crippen molar-refractivity contribution in [1.29, 1.82) is 0 Å². The van der Waals surface area contributed by atoms with Crippen molar-refractivity contribution in [3.63, 3.8) is 0 Å². The van der Waals surface area contributed by atoms with Crippen molar-refractivity contribution < 1.29 is 14.3 Å². The lowest BCUT2D eigenvalue weighted by atomic mass is 9.97. The minimum absolute atomic E-state index is 0.0553. The second kappa shape index (κ2) is 10.00. The zero-order valence-electron chi connectivity index (χ0n) is 17.8. The van der Waals surface area contributed by atoms with E-state index in [1.165, 1.54) is 17.0 Å². The number of urea groups is 1. The van der Waals surface area contributed by atoms with E-state index >= 15 is 0 Å². The van der Waals surface area contributed by atoms with Crippen LogP contribution in [0, 0.1) is 5.92 Å². The molecule has 3 heterocycles. The molecule has 0 bridgehead atoms. The van der Waals surface area contributed by atoms with Gasteiger partial charge in [0.2, 0.25) is 5.91 Å². The van der Waals surface area contributed by atoms with Crippen molar-refractivity contribution in [2.45, 2.75) is 31.7 Å². The second-order valence-electron chi connectivity index (χ2n) is 8.02. The van der Waals surface area contributed by atoms with E-state index in [0.29, 0.717) is 18.2 Å². The third-order valence-electron chi connectivity index (χ3n) is 6.00. The van der Waals surface area contributed by atoms with Gasteiger partial charge in [0.25, 0.3) is 0 Å². The van der Waals surface area contributed by atoms with E-state index in [1.54, 1.807) is 18.2 Å². The quantitative estimate of drug-likeness (QED) is 0.741. The van der Waals surface area contributed by atoms with Crippen molar-refractivity contribution >= 4 is 34.1 Å². The fourth-order valence-corrected chi connectivity index (χ4v) is 4.74. The highest BCUT2D eigenvalue weighted by Crippen LogP contribution is 2.24. The molecule has 0 spiro atoms. The highest BCUT2D eigenvalue weighted by molar-refractivity contribution is 7.13. The first-order valence-corrected chi connectivity index (χ1v) is 11.6. The Bertz CT molecular complexity index is 866. The summed E-state index contributed by atoms with van der Waals surface area (Å²) in [6, 6.07) is 8.19. The number of nitrogens with zero attached hydrogens (tertiary/aromatic N) is 3. The third kappa shape index (κ3) is 5.46. The van der Waals surface area contributed by atoms with Gasteiger partial charge in [-0.25, -0.2) is 9.78 Å². The predicted octanol–water partition coefficient (Wildman–Crippen LogP) is 3.18. The van der Waals surface area contributed by atoms with Gasteiger partial charge in [0, 0.05) is 49.5 Å². The van der Waals surface area contributed by atoms with E-state index in [2.05, 4.69) is 32.7 Å². The van der Waals surface area contributed by atoms with Crippen molar-refractivity contribution in [1.82, 2.24) is 15.2 Å². The molecule has 2 aliphatic rings. The number of rotatable bonds is 5. The molecule has 0 saturated carbocycles. The average molecular weight is 444 g/mol. The molecule has 2 saturated heterocycles. The Kier molecular flexibility index (Phi) is 6.91. The lowest BCUT2D eigenvalue weighted by Gasteiger charge is -2.36. The van der Waals surface area contributed by atoms with Gasteiger partial charge < -0.3 is 25.2 Å². The molecule has 1 atom stereocenters. The van der Waals surface area contributed by atoms with Gasteiger partial charge >= 0.3 is 6.03 Å². The maximum atomic E-state index is 12.8. The van der Waals surface area contributed by atoms with Crippen molar-refractivity contribution in [3.8, 4) is 5.75 Å². The highest BCUT2D eigenvalue weighted by atomic mass is 32.1. The van der Waals surface area contributed by atoms with E-state index in [9.17, 15) is 9.59 Å². The third-order valence-corrected chi connectivity index (χ3v) is 6.69. The summed E-state index contributed by atoms with van der Waals surface area (Å²) in [7, 11) is 1.67. The smallest absolute Gasteiger partial charge is 0.317 e. The Hall–Kier alpha value is -2.81. The van der Waals surface area contributed by atoms with Gasteiger partial charge in [-0.1, -0.05) is 0 Å². The normalized spacial score (nSPS) is 19.7. The van der Waals surface area contributed by atoms with E-state index in [1.807, 2.05) is 17.5 Å². The predicted molar refractivity (Wildman–Crippen MR) is 122 cm³/mol. The van der Waals surface area contributed by atoms with Gasteiger partial charge in [-0.2, -0.15) is 0 Å². The molecule has 3 amide bonds. The first kappa shape index (κ1) is 21.4. The molecule has 2 aromatic rings. The number of piperidine rings is 2. The number of methoxy groups -OCH3 is 1. The number of carbonyl (C=O) groups excluding carboxylic acids is 2. The van der Waals surface area contributed by atoms with E-state index in [0.717, 1.165) is 44.5 Å². The molecule has 2 N–H and O–H groups in total. The molecule has 9 heteroatoms. The summed E-state index contributed by atoms with van der Waals surface area (Å²) in [5, 5.41) is 8.48. The van der Waals surface area contributed by atoms with Crippen LogP contribution < -0.4 is 20.3 Å². The molecular formula is C22H29N5O3S. The molecule has 8 nitrogen and oxygen atoms in total. The number of likely N-dealkylation sites (tertiary alicyclic amines) is 1. The number of hydrogen-bond acceptors (Lipinski definition) is 6. The van der Waals surface area contributed by atoms with Gasteiger partial charge in [-0.15, -0.1) is 11.3 Å². The van der Waals surface area contributed by atoms with Crippen molar-refractivity contribution in [2.24, 2.45) is 5.92 Å². The fourth-order valence-electron chi connectivity index (χ4n) is 4.21. The molecule has 1 aromatic carbocycles. The second-order valence-corrected chi connectivity index (χ2v) is 8.92. The molecule has 0 radical (unpaired) electrons. The number of nitrogens with one attached hydrogen (secondary N) is 2. The Morgan fingerprint density at radius 1 is 1.13 bits per heavy atom. The Balaban J connectivity index is 1.24. The summed E-state index contributed by atoms with van der Waals surface area (Å²) in [6.45, 7) is 2.94. The van der Waals surface area contributed by atoms with Crippen LogP contribution in [0.5, 0.6) is 5.75 Å². The van der Waals surface area contributed by atoms with Crippen LogP contribution in [-0.4, -0.2) is 61.2 Å². The lowest BCUT2D eigenvalue weighted by molar-refractivity contribution is -0.121. The van der Waals surface area contributed by atoms with E-state index < -0.39 is 0 Å². The molecular weight excluding hydrogens is 414 g/mol.